The number of ether oxygens (including phenoxy) is 2. The molecule has 1 amide bonds. The maximum atomic E-state index is 12.2. The van der Waals surface area contributed by atoms with Crippen LogP contribution in [0, 0.1) is 12.3 Å². The van der Waals surface area contributed by atoms with Gasteiger partial charge in [-0.1, -0.05) is 12.0 Å². The smallest absolute Gasteiger partial charge is 0.364 e. The van der Waals surface area contributed by atoms with Crippen LogP contribution in [-0.4, -0.2) is 32.5 Å². The summed E-state index contributed by atoms with van der Waals surface area (Å²) in [4.78, 5) is 24.3. The molecular weight excluding hydrogens is 326 g/mol. The van der Waals surface area contributed by atoms with Gasteiger partial charge in [-0.2, -0.15) is 9.36 Å². The SMILES string of the molecule is C#C[C@H](NC(=O)Cn1nnn(C2CC2)c1=O)c1ccc2c(c1)OCO2. The maximum absolute atomic E-state index is 12.2. The largest absolute Gasteiger partial charge is 0.454 e. The van der Waals surface area contributed by atoms with Gasteiger partial charge in [-0.05, 0) is 41.0 Å². The minimum atomic E-state index is -0.656. The Kier molecular flexibility index (Phi) is 3.65. The number of nitrogens with zero attached hydrogens (tertiary/aromatic N) is 4. The van der Waals surface area contributed by atoms with Crippen LogP contribution in [0.2, 0.25) is 0 Å². The van der Waals surface area contributed by atoms with Crippen molar-refractivity contribution in [3.05, 3.63) is 34.2 Å². The van der Waals surface area contributed by atoms with Crippen LogP contribution >= 0.6 is 0 Å². The number of carbonyl (C=O) groups is 1. The van der Waals surface area contributed by atoms with Crippen molar-refractivity contribution in [3.63, 3.8) is 0 Å². The molecule has 9 heteroatoms. The van der Waals surface area contributed by atoms with E-state index in [1.807, 2.05) is 0 Å². The van der Waals surface area contributed by atoms with Gasteiger partial charge in [0.25, 0.3) is 0 Å². The maximum Gasteiger partial charge on any atom is 0.364 e. The van der Waals surface area contributed by atoms with E-state index in [0.717, 1.165) is 17.5 Å². The lowest BCUT2D eigenvalue weighted by Gasteiger charge is -2.13. The number of tetrazole rings is 1. The van der Waals surface area contributed by atoms with E-state index in [9.17, 15) is 9.59 Å². The van der Waals surface area contributed by atoms with E-state index >= 15 is 0 Å². The third-order valence-corrected chi connectivity index (χ3v) is 4.05. The van der Waals surface area contributed by atoms with Crippen LogP contribution in [0.5, 0.6) is 11.5 Å². The number of rotatable bonds is 5. The number of aromatic nitrogens is 4. The topological polar surface area (TPSA) is 100 Å². The Bertz CT molecular complexity index is 921. The van der Waals surface area contributed by atoms with Crippen molar-refractivity contribution in [1.82, 2.24) is 25.1 Å². The highest BCUT2D eigenvalue weighted by molar-refractivity contribution is 5.76. The summed E-state index contributed by atoms with van der Waals surface area (Å²) >= 11 is 0. The standard InChI is InChI=1S/C16H15N5O4/c1-2-12(10-3-6-13-14(7-10)25-9-24-13)17-15(22)8-20-16(23)21(19-18-20)11-4-5-11/h1,3,6-7,11-12H,4-5,8-9H2,(H,17,22)/t12-/m0/s1. The van der Waals surface area contributed by atoms with Crippen molar-refractivity contribution in [2.24, 2.45) is 0 Å². The minimum Gasteiger partial charge on any atom is -0.454 e. The average molecular weight is 341 g/mol. The van der Waals surface area contributed by atoms with E-state index in [0.29, 0.717) is 17.1 Å². The second-order valence-electron chi connectivity index (χ2n) is 5.87. The fourth-order valence-electron chi connectivity index (χ4n) is 2.59. The van der Waals surface area contributed by atoms with Crippen LogP contribution in [0.1, 0.15) is 30.5 Å². The Balaban J connectivity index is 1.45. The average Bonchev–Trinajstić information content (AvgIpc) is 3.23. The number of amides is 1. The molecule has 2 heterocycles. The zero-order valence-corrected chi connectivity index (χ0v) is 13.2. The molecule has 4 rings (SSSR count). The van der Waals surface area contributed by atoms with Gasteiger partial charge in [0.05, 0.1) is 6.04 Å². The van der Waals surface area contributed by atoms with Crippen LogP contribution in [0.25, 0.3) is 0 Å². The minimum absolute atomic E-state index is 0.108. The molecule has 1 aromatic heterocycles. The van der Waals surface area contributed by atoms with Gasteiger partial charge in [-0.15, -0.1) is 6.42 Å². The summed E-state index contributed by atoms with van der Waals surface area (Å²) in [7, 11) is 0. The highest BCUT2D eigenvalue weighted by Crippen LogP contribution is 2.34. The Hall–Kier alpha value is -3.28. The Labute approximate surface area is 142 Å². The highest BCUT2D eigenvalue weighted by atomic mass is 16.7. The molecule has 1 aliphatic heterocycles. The number of hydrogen-bond acceptors (Lipinski definition) is 6. The summed E-state index contributed by atoms with van der Waals surface area (Å²) in [5.74, 6) is 3.30. The normalized spacial score (nSPS) is 16.3. The van der Waals surface area contributed by atoms with E-state index < -0.39 is 17.6 Å². The Morgan fingerprint density at radius 1 is 1.36 bits per heavy atom. The molecule has 128 valence electrons. The molecule has 1 aromatic carbocycles. The fourth-order valence-corrected chi connectivity index (χ4v) is 2.59. The van der Waals surface area contributed by atoms with Crippen molar-refractivity contribution in [2.45, 2.75) is 31.5 Å². The molecule has 1 N–H and O–H groups in total. The first-order valence-corrected chi connectivity index (χ1v) is 7.83. The van der Waals surface area contributed by atoms with E-state index in [1.54, 1.807) is 18.2 Å². The van der Waals surface area contributed by atoms with Crippen molar-refractivity contribution >= 4 is 5.91 Å². The lowest BCUT2D eigenvalue weighted by Crippen LogP contribution is -2.35. The predicted octanol–water partition coefficient (Wildman–Crippen LogP) is -0.00590. The number of hydrogen-bond donors (Lipinski definition) is 1. The molecule has 9 nitrogen and oxygen atoms in total. The van der Waals surface area contributed by atoms with Crippen LogP contribution in [-0.2, 0) is 11.3 Å². The van der Waals surface area contributed by atoms with Gasteiger partial charge >= 0.3 is 5.69 Å². The third kappa shape index (κ3) is 2.94. The van der Waals surface area contributed by atoms with E-state index in [4.69, 9.17) is 15.9 Å². The molecule has 1 fully saturated rings. The van der Waals surface area contributed by atoms with Crippen molar-refractivity contribution < 1.29 is 14.3 Å². The number of nitrogens with one attached hydrogen (secondary N) is 1. The molecular formula is C16H15N5O4. The van der Waals surface area contributed by atoms with Gasteiger partial charge in [0.2, 0.25) is 12.7 Å². The van der Waals surface area contributed by atoms with Crippen LogP contribution < -0.4 is 20.5 Å². The van der Waals surface area contributed by atoms with E-state index in [1.165, 1.54) is 4.68 Å². The molecule has 0 spiro atoms. The first kappa shape index (κ1) is 15.3. The molecule has 0 saturated heterocycles. The second-order valence-corrected chi connectivity index (χ2v) is 5.87. The summed E-state index contributed by atoms with van der Waals surface area (Å²) in [5.41, 5.74) is 0.298. The second kappa shape index (κ2) is 5.98. The summed E-state index contributed by atoms with van der Waals surface area (Å²) in [6, 6.07) is 4.67. The van der Waals surface area contributed by atoms with Crippen LogP contribution in [0.15, 0.2) is 23.0 Å². The number of benzene rings is 1. The fraction of sp³-hybridized carbons (Fsp3) is 0.375. The lowest BCUT2D eigenvalue weighted by molar-refractivity contribution is -0.122. The van der Waals surface area contributed by atoms with Crippen molar-refractivity contribution in [2.75, 3.05) is 6.79 Å². The monoisotopic (exact) mass is 341 g/mol. The molecule has 2 aromatic rings. The van der Waals surface area contributed by atoms with Gasteiger partial charge in [0, 0.05) is 0 Å². The Morgan fingerprint density at radius 2 is 2.16 bits per heavy atom. The molecule has 1 atom stereocenters. The number of carbonyl (C=O) groups excluding carboxylic acids is 1. The molecule has 0 radical (unpaired) electrons. The van der Waals surface area contributed by atoms with Gasteiger partial charge in [-0.25, -0.2) is 4.79 Å². The van der Waals surface area contributed by atoms with Gasteiger partial charge in [0.1, 0.15) is 12.6 Å². The van der Waals surface area contributed by atoms with Gasteiger partial charge < -0.3 is 14.8 Å². The van der Waals surface area contributed by atoms with Crippen LogP contribution in [0.4, 0.5) is 0 Å². The summed E-state index contributed by atoms with van der Waals surface area (Å²) < 4.78 is 12.9. The van der Waals surface area contributed by atoms with Crippen molar-refractivity contribution in [3.8, 4) is 23.8 Å². The molecule has 0 bridgehead atoms. The third-order valence-electron chi connectivity index (χ3n) is 4.05. The van der Waals surface area contributed by atoms with Gasteiger partial charge in [0.15, 0.2) is 11.5 Å². The van der Waals surface area contributed by atoms with E-state index in [2.05, 4.69) is 21.7 Å². The molecule has 0 unspecified atom stereocenters. The van der Waals surface area contributed by atoms with E-state index in [-0.39, 0.29) is 19.4 Å². The zero-order valence-electron chi connectivity index (χ0n) is 13.2. The van der Waals surface area contributed by atoms with Crippen molar-refractivity contribution in [1.29, 1.82) is 0 Å². The Morgan fingerprint density at radius 3 is 2.92 bits per heavy atom. The first-order chi connectivity index (χ1) is 12.2. The zero-order chi connectivity index (χ0) is 17.4. The summed E-state index contributed by atoms with van der Waals surface area (Å²) in [6.07, 6.45) is 7.36. The van der Waals surface area contributed by atoms with Gasteiger partial charge in [-0.3, -0.25) is 4.79 Å². The number of terminal acetylenes is 1. The molecule has 1 aliphatic carbocycles. The lowest BCUT2D eigenvalue weighted by atomic mass is 10.1. The highest BCUT2D eigenvalue weighted by Gasteiger charge is 2.28. The predicted molar refractivity (Wildman–Crippen MR) is 84.8 cm³/mol. The first-order valence-electron chi connectivity index (χ1n) is 7.83. The quantitative estimate of drug-likeness (QED) is 0.768. The summed E-state index contributed by atoms with van der Waals surface area (Å²) in [5, 5.41) is 10.2. The van der Waals surface area contributed by atoms with Crippen LogP contribution in [0.3, 0.4) is 0 Å². The molecule has 2 aliphatic rings. The molecule has 25 heavy (non-hydrogen) atoms. The summed E-state index contributed by atoms with van der Waals surface area (Å²) in [6.45, 7) is -0.0836. The number of fused-ring (bicyclic) bond motifs is 1. The molecule has 1 saturated carbocycles.